The third kappa shape index (κ3) is 3.32. The van der Waals surface area contributed by atoms with E-state index < -0.39 is 47.0 Å². The van der Waals surface area contributed by atoms with Gasteiger partial charge in [0.05, 0.1) is 6.10 Å². The van der Waals surface area contributed by atoms with Crippen molar-refractivity contribution in [2.75, 3.05) is 6.61 Å². The number of rotatable bonds is 5. The zero-order valence-corrected chi connectivity index (χ0v) is 21.0. The summed E-state index contributed by atoms with van der Waals surface area (Å²) in [5.74, 6) is -1.70. The first-order valence-corrected chi connectivity index (χ1v) is 12.5. The van der Waals surface area contributed by atoms with Crippen LogP contribution in [0.3, 0.4) is 0 Å². The highest BCUT2D eigenvalue weighted by Gasteiger charge is 2.77. The lowest BCUT2D eigenvalue weighted by Gasteiger charge is -2.60. The highest BCUT2D eigenvalue weighted by Crippen LogP contribution is 2.70. The van der Waals surface area contributed by atoms with Crippen LogP contribution in [0.25, 0.3) is 0 Å². The number of Topliss-reactive ketones (excluding diaryl/α,β-unsaturated/α-hetero) is 1. The lowest BCUT2D eigenvalue weighted by molar-refractivity contribution is -0.227. The molecular weight excluding hydrogens is 452 g/mol. The number of esters is 1. The molecule has 190 valence electrons. The van der Waals surface area contributed by atoms with E-state index >= 15 is 0 Å². The van der Waals surface area contributed by atoms with Crippen LogP contribution in [0.2, 0.25) is 0 Å². The third-order valence-corrected chi connectivity index (χ3v) is 9.52. The molecule has 4 aliphatic carbocycles. The smallest absolute Gasteiger partial charge is 0.303 e. The standard InChI is InChI=1S/C27H34O8/c1-15(29)32-13-21(31)27-22(34-24(2,3)35-27)11-19-18-7-6-16-10-17(30)8-9-25(16,4)23(18)20(33-14-28)12-26(19,27)5/h8-10,14,18-20,22-23H,6-7,11-13H2,1-5H3/t18-,19-,20-,22+,23+,25-,26-,27+/m0/s1. The Balaban J connectivity index is 1.60. The van der Waals surface area contributed by atoms with Gasteiger partial charge >= 0.3 is 5.97 Å². The van der Waals surface area contributed by atoms with Crippen molar-refractivity contribution in [3.8, 4) is 0 Å². The first kappa shape index (κ1) is 24.4. The van der Waals surface area contributed by atoms with Gasteiger partial charge in [-0.1, -0.05) is 25.5 Å². The maximum Gasteiger partial charge on any atom is 0.303 e. The summed E-state index contributed by atoms with van der Waals surface area (Å²) in [6.45, 7) is 9.11. The Bertz CT molecular complexity index is 1040. The Morgan fingerprint density at radius 2 is 1.97 bits per heavy atom. The number of allylic oxidation sites excluding steroid dienone is 4. The molecule has 0 N–H and O–H groups in total. The van der Waals surface area contributed by atoms with Crippen LogP contribution >= 0.6 is 0 Å². The minimum atomic E-state index is -1.32. The predicted octanol–water partition coefficient (Wildman–Crippen LogP) is 3.08. The zero-order chi connectivity index (χ0) is 25.4. The molecule has 3 saturated carbocycles. The van der Waals surface area contributed by atoms with Crippen LogP contribution in [-0.2, 0) is 38.1 Å². The van der Waals surface area contributed by atoms with Crippen LogP contribution in [0.4, 0.5) is 0 Å². The van der Waals surface area contributed by atoms with E-state index in [0.717, 1.165) is 18.4 Å². The van der Waals surface area contributed by atoms with Crippen molar-refractivity contribution in [2.24, 2.45) is 28.6 Å². The van der Waals surface area contributed by atoms with Crippen LogP contribution in [0, 0.1) is 28.6 Å². The molecule has 1 heterocycles. The van der Waals surface area contributed by atoms with Gasteiger partial charge < -0.3 is 18.9 Å². The molecule has 0 aromatic rings. The van der Waals surface area contributed by atoms with E-state index in [1.165, 1.54) is 6.92 Å². The monoisotopic (exact) mass is 486 g/mol. The summed E-state index contributed by atoms with van der Waals surface area (Å²) in [7, 11) is 0. The van der Waals surface area contributed by atoms with E-state index in [2.05, 4.69) is 6.92 Å². The number of ketones is 2. The molecule has 1 saturated heterocycles. The van der Waals surface area contributed by atoms with E-state index in [0.29, 0.717) is 19.3 Å². The average molecular weight is 487 g/mol. The fourth-order valence-corrected chi connectivity index (χ4v) is 8.36. The third-order valence-electron chi connectivity index (χ3n) is 9.52. The SMILES string of the molecule is CC(=O)OCC(=O)[C@@]12OC(C)(C)O[C@@H]1C[C@H]1[C@@H]3CCC4=CC(=O)C=C[C@]4(C)[C@H]3[C@@H](OC=O)C[C@@]12C. The molecule has 0 radical (unpaired) electrons. The Kier molecular flexibility index (Phi) is 5.46. The summed E-state index contributed by atoms with van der Waals surface area (Å²) in [5.41, 5.74) is -1.37. The molecule has 0 aromatic carbocycles. The van der Waals surface area contributed by atoms with E-state index in [-0.39, 0.29) is 29.3 Å². The van der Waals surface area contributed by atoms with Gasteiger partial charge in [-0.25, -0.2) is 0 Å². The molecule has 4 fully saturated rings. The van der Waals surface area contributed by atoms with Crippen LogP contribution in [-0.4, -0.2) is 54.2 Å². The van der Waals surface area contributed by atoms with Gasteiger partial charge in [-0.05, 0) is 63.5 Å². The van der Waals surface area contributed by atoms with Crippen LogP contribution < -0.4 is 0 Å². The number of fused-ring (bicyclic) bond motifs is 7. The Hall–Kier alpha value is -2.32. The number of hydrogen-bond acceptors (Lipinski definition) is 8. The van der Waals surface area contributed by atoms with E-state index in [4.69, 9.17) is 18.9 Å². The van der Waals surface area contributed by atoms with Gasteiger partial charge in [0.25, 0.3) is 6.47 Å². The van der Waals surface area contributed by atoms with Crippen molar-refractivity contribution in [3.05, 3.63) is 23.8 Å². The van der Waals surface area contributed by atoms with Gasteiger partial charge in [0, 0.05) is 23.7 Å². The van der Waals surface area contributed by atoms with Crippen molar-refractivity contribution >= 4 is 24.0 Å². The second-order valence-electron chi connectivity index (χ2n) is 11.7. The first-order valence-electron chi connectivity index (χ1n) is 12.5. The van der Waals surface area contributed by atoms with Gasteiger partial charge in [-0.15, -0.1) is 0 Å². The summed E-state index contributed by atoms with van der Waals surface area (Å²) in [4.78, 5) is 49.1. The highest BCUT2D eigenvalue weighted by molar-refractivity contribution is 6.01. The van der Waals surface area contributed by atoms with Crippen molar-refractivity contribution in [1.82, 2.24) is 0 Å². The molecule has 0 aromatic heterocycles. The van der Waals surface area contributed by atoms with Crippen LogP contribution in [0.15, 0.2) is 23.8 Å². The largest absolute Gasteiger partial charge is 0.464 e. The highest BCUT2D eigenvalue weighted by atomic mass is 16.8. The van der Waals surface area contributed by atoms with Gasteiger partial charge in [-0.3, -0.25) is 19.2 Å². The molecule has 0 spiro atoms. The summed E-state index contributed by atoms with van der Waals surface area (Å²) in [6, 6.07) is 0. The molecule has 1 aliphatic heterocycles. The van der Waals surface area contributed by atoms with E-state index in [1.54, 1.807) is 26.0 Å². The second-order valence-corrected chi connectivity index (χ2v) is 11.7. The van der Waals surface area contributed by atoms with Crippen LogP contribution in [0.5, 0.6) is 0 Å². The summed E-state index contributed by atoms with van der Waals surface area (Å²) >= 11 is 0. The molecule has 8 nitrogen and oxygen atoms in total. The second kappa shape index (κ2) is 7.84. The summed E-state index contributed by atoms with van der Waals surface area (Å²) < 4.78 is 23.7. The quantitative estimate of drug-likeness (QED) is 0.431. The molecule has 5 rings (SSSR count). The van der Waals surface area contributed by atoms with E-state index in [1.807, 2.05) is 13.0 Å². The summed E-state index contributed by atoms with van der Waals surface area (Å²) in [6.07, 6.45) is 6.94. The molecule has 0 unspecified atom stereocenters. The maximum atomic E-state index is 13.8. The Morgan fingerprint density at radius 1 is 1.23 bits per heavy atom. The molecule has 0 amide bonds. The predicted molar refractivity (Wildman–Crippen MR) is 123 cm³/mol. The lowest BCUT2D eigenvalue weighted by Crippen LogP contribution is -2.64. The number of carbonyl (C=O) groups excluding carboxylic acids is 4. The maximum absolute atomic E-state index is 13.8. The Labute approximate surface area is 205 Å². The number of hydrogen-bond donors (Lipinski definition) is 0. The number of carbonyl (C=O) groups is 4. The fraction of sp³-hybridized carbons (Fsp3) is 0.704. The van der Waals surface area contributed by atoms with Gasteiger partial charge in [0.1, 0.15) is 6.10 Å². The van der Waals surface area contributed by atoms with Crippen molar-refractivity contribution in [3.63, 3.8) is 0 Å². The molecule has 0 bridgehead atoms. The normalized spacial score (nSPS) is 44.9. The van der Waals surface area contributed by atoms with Crippen molar-refractivity contribution in [1.29, 1.82) is 0 Å². The molecule has 8 atom stereocenters. The van der Waals surface area contributed by atoms with Crippen molar-refractivity contribution < 1.29 is 38.1 Å². The minimum absolute atomic E-state index is 0.0149. The van der Waals surface area contributed by atoms with Gasteiger partial charge in [0.2, 0.25) is 5.78 Å². The fourth-order valence-electron chi connectivity index (χ4n) is 8.36. The molecule has 35 heavy (non-hydrogen) atoms. The lowest BCUT2D eigenvalue weighted by atomic mass is 9.46. The molecule has 8 heteroatoms. The zero-order valence-electron chi connectivity index (χ0n) is 21.0. The molecule has 5 aliphatic rings. The first-order chi connectivity index (χ1) is 16.4. The topological polar surface area (TPSA) is 105 Å². The van der Waals surface area contributed by atoms with E-state index in [9.17, 15) is 19.2 Å². The van der Waals surface area contributed by atoms with Crippen LogP contribution in [0.1, 0.15) is 60.3 Å². The van der Waals surface area contributed by atoms with Crippen molar-refractivity contribution in [2.45, 2.75) is 83.9 Å². The summed E-state index contributed by atoms with van der Waals surface area (Å²) in [5, 5.41) is 0. The molecular formula is C27H34O8. The van der Waals surface area contributed by atoms with Gasteiger partial charge in [-0.2, -0.15) is 0 Å². The Morgan fingerprint density at radius 3 is 2.66 bits per heavy atom. The number of ether oxygens (including phenoxy) is 4. The van der Waals surface area contributed by atoms with Gasteiger partial charge in [0.15, 0.2) is 23.8 Å². The average Bonchev–Trinajstić information content (AvgIpc) is 3.18. The minimum Gasteiger partial charge on any atom is -0.464 e.